The maximum Gasteiger partial charge on any atom is 0.261 e. The van der Waals surface area contributed by atoms with Gasteiger partial charge in [-0.25, -0.2) is 0 Å². The van der Waals surface area contributed by atoms with Gasteiger partial charge in [-0.2, -0.15) is 0 Å². The van der Waals surface area contributed by atoms with Crippen LogP contribution in [-0.4, -0.2) is 18.9 Å². The highest BCUT2D eigenvalue weighted by atomic mass is 32.1. The molecule has 3 rings (SSSR count). The number of hydrogen-bond acceptors (Lipinski definition) is 4. The quantitative estimate of drug-likeness (QED) is 0.844. The summed E-state index contributed by atoms with van der Waals surface area (Å²) >= 11 is 1.32. The average Bonchev–Trinajstić information content (AvgIpc) is 3.37. The molecule has 0 atom stereocenters. The van der Waals surface area contributed by atoms with E-state index in [1.807, 2.05) is 37.3 Å². The molecule has 1 aromatic heterocycles. The minimum Gasteiger partial charge on any atom is -0.497 e. The van der Waals surface area contributed by atoms with E-state index in [0.717, 1.165) is 34.7 Å². The van der Waals surface area contributed by atoms with E-state index in [0.29, 0.717) is 11.4 Å². The van der Waals surface area contributed by atoms with Crippen LogP contribution in [0.3, 0.4) is 0 Å². The number of anilines is 1. The molecule has 5 nitrogen and oxygen atoms in total. The van der Waals surface area contributed by atoms with Crippen molar-refractivity contribution in [2.45, 2.75) is 26.3 Å². The Kier molecular flexibility index (Phi) is 4.85. The van der Waals surface area contributed by atoms with Crippen molar-refractivity contribution in [3.8, 4) is 5.75 Å². The Balaban J connectivity index is 1.59. The number of methoxy groups -OCH3 is 1. The van der Waals surface area contributed by atoms with Crippen molar-refractivity contribution in [2.24, 2.45) is 5.92 Å². The lowest BCUT2D eigenvalue weighted by Crippen LogP contribution is -2.22. The largest absolute Gasteiger partial charge is 0.497 e. The lowest BCUT2D eigenvalue weighted by atomic mass is 10.2. The van der Waals surface area contributed by atoms with Crippen LogP contribution in [0.25, 0.3) is 0 Å². The van der Waals surface area contributed by atoms with E-state index in [-0.39, 0.29) is 17.7 Å². The molecule has 1 heterocycles. The van der Waals surface area contributed by atoms with Gasteiger partial charge >= 0.3 is 0 Å². The fourth-order valence-corrected chi connectivity index (χ4v) is 3.34. The van der Waals surface area contributed by atoms with Gasteiger partial charge in [0.25, 0.3) is 5.91 Å². The van der Waals surface area contributed by atoms with Gasteiger partial charge in [-0.15, -0.1) is 11.3 Å². The van der Waals surface area contributed by atoms with E-state index in [4.69, 9.17) is 4.74 Å². The zero-order valence-electron chi connectivity index (χ0n) is 13.7. The fraction of sp³-hybridized carbons (Fsp3) is 0.333. The van der Waals surface area contributed by atoms with Crippen molar-refractivity contribution in [1.29, 1.82) is 0 Å². The molecule has 1 aromatic carbocycles. The summed E-state index contributed by atoms with van der Waals surface area (Å²) < 4.78 is 5.12. The molecule has 0 bridgehead atoms. The first-order chi connectivity index (χ1) is 11.6. The average molecular weight is 344 g/mol. The summed E-state index contributed by atoms with van der Waals surface area (Å²) in [6.45, 7) is 2.33. The van der Waals surface area contributed by atoms with Crippen LogP contribution in [0.2, 0.25) is 0 Å². The topological polar surface area (TPSA) is 67.4 Å². The summed E-state index contributed by atoms with van der Waals surface area (Å²) in [5.41, 5.74) is 1.87. The van der Waals surface area contributed by atoms with Crippen molar-refractivity contribution >= 4 is 28.2 Å². The zero-order valence-corrected chi connectivity index (χ0v) is 14.5. The second kappa shape index (κ2) is 7.05. The fourth-order valence-electron chi connectivity index (χ4n) is 2.34. The zero-order chi connectivity index (χ0) is 17.1. The molecule has 2 amide bonds. The number of carbonyl (C=O) groups is 2. The van der Waals surface area contributed by atoms with Crippen LogP contribution in [0.15, 0.2) is 30.3 Å². The monoisotopic (exact) mass is 344 g/mol. The summed E-state index contributed by atoms with van der Waals surface area (Å²) in [6.07, 6.45) is 1.93. The van der Waals surface area contributed by atoms with Gasteiger partial charge < -0.3 is 15.4 Å². The first kappa shape index (κ1) is 16.5. The van der Waals surface area contributed by atoms with Gasteiger partial charge in [-0.05, 0) is 49.1 Å². The first-order valence-electron chi connectivity index (χ1n) is 7.89. The molecule has 0 aliphatic heterocycles. The molecule has 0 radical (unpaired) electrons. The van der Waals surface area contributed by atoms with Gasteiger partial charge in [-0.1, -0.05) is 12.1 Å². The molecular formula is C18H20N2O3S. The van der Waals surface area contributed by atoms with Gasteiger partial charge in [0.05, 0.1) is 17.0 Å². The second-order valence-corrected chi connectivity index (χ2v) is 6.97. The minimum atomic E-state index is -0.125. The van der Waals surface area contributed by atoms with Crippen molar-refractivity contribution < 1.29 is 14.3 Å². The van der Waals surface area contributed by atoms with Gasteiger partial charge in [0.15, 0.2) is 0 Å². The first-order valence-corrected chi connectivity index (χ1v) is 8.71. The smallest absolute Gasteiger partial charge is 0.261 e. The number of ether oxygens (including phenoxy) is 1. The summed E-state index contributed by atoms with van der Waals surface area (Å²) in [5.74, 6) is 0.872. The molecule has 126 valence electrons. The Morgan fingerprint density at radius 3 is 2.58 bits per heavy atom. The number of thiophene rings is 1. The minimum absolute atomic E-state index is 0.0569. The predicted octanol–water partition coefficient (Wildman–Crippen LogP) is 3.34. The molecule has 2 aromatic rings. The molecule has 1 fully saturated rings. The van der Waals surface area contributed by atoms with Crippen LogP contribution in [-0.2, 0) is 11.3 Å². The number of rotatable bonds is 6. The third-order valence-corrected chi connectivity index (χ3v) is 5.08. The number of amides is 2. The summed E-state index contributed by atoms with van der Waals surface area (Å²) in [4.78, 5) is 24.8. The van der Waals surface area contributed by atoms with Crippen LogP contribution in [0.4, 0.5) is 5.00 Å². The molecule has 0 saturated heterocycles. The Bertz CT molecular complexity index is 748. The summed E-state index contributed by atoms with van der Waals surface area (Å²) in [7, 11) is 1.62. The molecule has 24 heavy (non-hydrogen) atoms. The van der Waals surface area contributed by atoms with E-state index in [1.165, 1.54) is 11.3 Å². The maximum absolute atomic E-state index is 12.4. The summed E-state index contributed by atoms with van der Waals surface area (Å²) in [6, 6.07) is 9.42. The Morgan fingerprint density at radius 1 is 1.25 bits per heavy atom. The molecule has 1 saturated carbocycles. The molecule has 0 unspecified atom stereocenters. The van der Waals surface area contributed by atoms with Crippen LogP contribution in [0.5, 0.6) is 5.75 Å². The second-order valence-electron chi connectivity index (χ2n) is 5.92. The SMILES string of the molecule is COc1ccc(CNC(=O)c2sc(NC(=O)C3CC3)cc2C)cc1. The highest BCUT2D eigenvalue weighted by Crippen LogP contribution is 2.32. The maximum atomic E-state index is 12.4. The number of aryl methyl sites for hydroxylation is 1. The predicted molar refractivity (Wildman–Crippen MR) is 94.6 cm³/mol. The van der Waals surface area contributed by atoms with Crippen LogP contribution >= 0.6 is 11.3 Å². The van der Waals surface area contributed by atoms with Crippen molar-refractivity contribution in [1.82, 2.24) is 5.32 Å². The van der Waals surface area contributed by atoms with Crippen LogP contribution in [0, 0.1) is 12.8 Å². The molecular weight excluding hydrogens is 324 g/mol. The van der Waals surface area contributed by atoms with Crippen LogP contribution in [0.1, 0.15) is 33.6 Å². The van der Waals surface area contributed by atoms with Crippen LogP contribution < -0.4 is 15.4 Å². The van der Waals surface area contributed by atoms with Crippen molar-refractivity contribution in [2.75, 3.05) is 12.4 Å². The third kappa shape index (κ3) is 3.94. The van der Waals surface area contributed by atoms with Gasteiger partial charge in [0.1, 0.15) is 5.75 Å². The number of benzene rings is 1. The van der Waals surface area contributed by atoms with E-state index >= 15 is 0 Å². The lowest BCUT2D eigenvalue weighted by Gasteiger charge is -2.06. The van der Waals surface area contributed by atoms with Gasteiger partial charge in [-0.3, -0.25) is 9.59 Å². The van der Waals surface area contributed by atoms with Gasteiger partial charge in [0, 0.05) is 12.5 Å². The molecule has 1 aliphatic carbocycles. The Hall–Kier alpha value is -2.34. The Morgan fingerprint density at radius 2 is 1.96 bits per heavy atom. The van der Waals surface area contributed by atoms with Crippen molar-refractivity contribution in [3.05, 3.63) is 46.3 Å². The normalized spacial score (nSPS) is 13.4. The molecule has 2 N–H and O–H groups in total. The van der Waals surface area contributed by atoms with Gasteiger partial charge in [0.2, 0.25) is 5.91 Å². The standard InChI is InChI=1S/C18H20N2O3S/c1-11-9-15(20-17(21)13-5-6-13)24-16(11)18(22)19-10-12-3-7-14(23-2)8-4-12/h3-4,7-9,13H,5-6,10H2,1-2H3,(H,19,22)(H,20,21). The molecule has 0 spiro atoms. The number of hydrogen-bond donors (Lipinski definition) is 2. The Labute approximate surface area is 145 Å². The molecule has 1 aliphatic rings. The third-order valence-electron chi connectivity index (χ3n) is 3.93. The van der Waals surface area contributed by atoms with Crippen molar-refractivity contribution in [3.63, 3.8) is 0 Å². The van der Waals surface area contributed by atoms with E-state index in [9.17, 15) is 9.59 Å². The summed E-state index contributed by atoms with van der Waals surface area (Å²) in [5, 5.41) is 6.54. The lowest BCUT2D eigenvalue weighted by molar-refractivity contribution is -0.117. The van der Waals surface area contributed by atoms with E-state index < -0.39 is 0 Å². The number of carbonyl (C=O) groups excluding carboxylic acids is 2. The van der Waals surface area contributed by atoms with E-state index in [1.54, 1.807) is 7.11 Å². The highest BCUT2D eigenvalue weighted by Gasteiger charge is 2.30. The number of nitrogens with one attached hydrogen (secondary N) is 2. The molecule has 6 heteroatoms. The highest BCUT2D eigenvalue weighted by molar-refractivity contribution is 7.18. The van der Waals surface area contributed by atoms with E-state index in [2.05, 4.69) is 10.6 Å².